The highest BCUT2D eigenvalue weighted by Crippen LogP contribution is 2.06. The summed E-state index contributed by atoms with van der Waals surface area (Å²) in [4.78, 5) is 0. The van der Waals surface area contributed by atoms with E-state index >= 15 is 0 Å². The first-order valence-corrected chi connectivity index (χ1v) is 4.64. The van der Waals surface area contributed by atoms with E-state index in [4.69, 9.17) is 0 Å². The van der Waals surface area contributed by atoms with Gasteiger partial charge in [-0.1, -0.05) is 18.2 Å². The van der Waals surface area contributed by atoms with Crippen LogP contribution in [-0.2, 0) is 10.0 Å². The Morgan fingerprint density at radius 1 is 1.18 bits per heavy atom. The highest BCUT2D eigenvalue weighted by molar-refractivity contribution is 7.93. The first kappa shape index (κ1) is 8.07. The summed E-state index contributed by atoms with van der Waals surface area (Å²) < 4.78 is 23.4. The summed E-state index contributed by atoms with van der Waals surface area (Å²) in [6.45, 7) is 0. The van der Waals surface area contributed by atoms with Crippen molar-refractivity contribution in [3.8, 4) is 0 Å². The zero-order chi connectivity index (χ0) is 8.32. The minimum absolute atomic E-state index is 0.530. The van der Waals surface area contributed by atoms with Gasteiger partial charge in [-0.3, -0.25) is 4.72 Å². The predicted molar refractivity (Wildman–Crippen MR) is 44.3 cm³/mol. The van der Waals surface area contributed by atoms with Crippen molar-refractivity contribution in [2.24, 2.45) is 0 Å². The zero-order valence-corrected chi connectivity index (χ0v) is 6.64. The van der Waals surface area contributed by atoms with Crippen LogP contribution in [0.5, 0.6) is 0 Å². The molecule has 0 aliphatic carbocycles. The molecule has 1 rings (SSSR count). The molecule has 3 nitrogen and oxygen atoms in total. The molecule has 0 spiro atoms. The molecule has 1 radical (unpaired) electrons. The van der Waals surface area contributed by atoms with Crippen molar-refractivity contribution in [3.63, 3.8) is 0 Å². The molecular weight excluding hydrogens is 162 g/mol. The molecule has 59 valence electrons. The van der Waals surface area contributed by atoms with Crippen molar-refractivity contribution >= 4 is 15.7 Å². The summed E-state index contributed by atoms with van der Waals surface area (Å²) in [6.07, 6.45) is 2.93. The first-order valence-electron chi connectivity index (χ1n) is 2.99. The molecule has 0 amide bonds. The number of para-hydroxylation sites is 1. The predicted octanol–water partition coefficient (Wildman–Crippen LogP) is 1.22. The number of hydrogen-bond acceptors (Lipinski definition) is 2. The number of hydrogen-bond donors (Lipinski definition) is 1. The van der Waals surface area contributed by atoms with E-state index in [-0.39, 0.29) is 0 Å². The largest absolute Gasteiger partial charge is 0.284 e. The lowest BCUT2D eigenvalue weighted by molar-refractivity contribution is 0.609. The molecule has 1 aromatic rings. The Kier molecular flexibility index (Phi) is 2.14. The minimum Gasteiger partial charge on any atom is -0.284 e. The minimum atomic E-state index is -3.38. The van der Waals surface area contributed by atoms with E-state index in [0.717, 1.165) is 0 Å². The van der Waals surface area contributed by atoms with Gasteiger partial charge in [0.15, 0.2) is 0 Å². The molecule has 0 fully saturated rings. The third-order valence-corrected chi connectivity index (χ3v) is 1.59. The Labute approximate surface area is 66.1 Å². The third kappa shape index (κ3) is 3.04. The lowest BCUT2D eigenvalue weighted by Crippen LogP contribution is -2.06. The van der Waals surface area contributed by atoms with Crippen LogP contribution in [-0.4, -0.2) is 8.42 Å². The van der Waals surface area contributed by atoms with E-state index in [1.807, 2.05) is 0 Å². The summed E-state index contributed by atoms with van der Waals surface area (Å²) in [7, 11) is -3.38. The van der Waals surface area contributed by atoms with Crippen molar-refractivity contribution in [1.82, 2.24) is 0 Å². The van der Waals surface area contributed by atoms with Crippen LogP contribution >= 0.6 is 0 Å². The molecule has 0 aliphatic rings. The molecule has 11 heavy (non-hydrogen) atoms. The molecule has 0 saturated heterocycles. The Morgan fingerprint density at radius 3 is 2.18 bits per heavy atom. The first-order chi connectivity index (χ1) is 5.08. The fraction of sp³-hybridized carbons (Fsp3) is 0. The van der Waals surface area contributed by atoms with Gasteiger partial charge in [0.2, 0.25) is 10.0 Å². The molecule has 0 aliphatic heterocycles. The van der Waals surface area contributed by atoms with Crippen molar-refractivity contribution in [3.05, 3.63) is 36.6 Å². The molecule has 1 aromatic carbocycles. The zero-order valence-electron chi connectivity index (χ0n) is 5.82. The molecule has 0 heterocycles. The van der Waals surface area contributed by atoms with Crippen LogP contribution in [0.25, 0.3) is 0 Å². The smallest absolute Gasteiger partial charge is 0.233 e. The van der Waals surface area contributed by atoms with Crippen LogP contribution in [0.1, 0.15) is 0 Å². The van der Waals surface area contributed by atoms with Gasteiger partial charge in [0.1, 0.15) is 0 Å². The lowest BCUT2D eigenvalue weighted by Gasteiger charge is -2.00. The normalized spacial score (nSPS) is 11.0. The fourth-order valence-corrected chi connectivity index (χ4v) is 1.18. The Hall–Kier alpha value is -1.03. The Bertz CT molecular complexity index is 318. The van der Waals surface area contributed by atoms with Gasteiger partial charge in [-0.25, -0.2) is 8.42 Å². The number of sulfonamides is 1. The van der Waals surface area contributed by atoms with Crippen LogP contribution in [0.3, 0.4) is 0 Å². The van der Waals surface area contributed by atoms with E-state index in [2.05, 4.69) is 11.0 Å². The second-order valence-electron chi connectivity index (χ2n) is 2.08. The number of nitrogens with one attached hydrogen (secondary N) is 1. The lowest BCUT2D eigenvalue weighted by atomic mass is 10.3. The van der Waals surface area contributed by atoms with Crippen LogP contribution < -0.4 is 4.72 Å². The summed E-state index contributed by atoms with van der Waals surface area (Å²) >= 11 is 0. The maximum absolute atomic E-state index is 10.6. The molecule has 0 saturated carbocycles. The standard InChI is InChI=1S/C7H8NO2S/c1-11(9,10)8-7-5-3-2-4-6-7/h2-6,8H,1H2. The number of rotatable bonds is 2. The summed E-state index contributed by atoms with van der Waals surface area (Å²) in [5, 5.41) is 0. The highest BCUT2D eigenvalue weighted by Gasteiger charge is 1.98. The second-order valence-corrected chi connectivity index (χ2v) is 3.52. The fourth-order valence-electron chi connectivity index (χ4n) is 0.686. The van der Waals surface area contributed by atoms with Crippen molar-refractivity contribution in [1.29, 1.82) is 0 Å². The summed E-state index contributed by atoms with van der Waals surface area (Å²) in [6, 6.07) is 8.60. The van der Waals surface area contributed by atoms with Gasteiger partial charge >= 0.3 is 0 Å². The SMILES string of the molecule is [CH2]S(=O)(=O)Nc1ccccc1. The van der Waals surface area contributed by atoms with Crippen LogP contribution in [0.4, 0.5) is 5.69 Å². The topological polar surface area (TPSA) is 46.2 Å². The average molecular weight is 170 g/mol. The van der Waals surface area contributed by atoms with Gasteiger partial charge in [0.25, 0.3) is 0 Å². The molecular formula is C7H8NO2S. The van der Waals surface area contributed by atoms with Crippen LogP contribution in [0.2, 0.25) is 0 Å². The number of anilines is 1. The van der Waals surface area contributed by atoms with Gasteiger partial charge in [-0.2, -0.15) is 0 Å². The monoisotopic (exact) mass is 170 g/mol. The van der Waals surface area contributed by atoms with Gasteiger partial charge in [-0.05, 0) is 12.1 Å². The molecule has 0 unspecified atom stereocenters. The second kappa shape index (κ2) is 2.92. The van der Waals surface area contributed by atoms with E-state index < -0.39 is 10.0 Å². The van der Waals surface area contributed by atoms with Gasteiger partial charge in [0, 0.05) is 5.69 Å². The average Bonchev–Trinajstić information content (AvgIpc) is 1.85. The molecule has 1 N–H and O–H groups in total. The maximum atomic E-state index is 10.6. The van der Waals surface area contributed by atoms with E-state index in [9.17, 15) is 8.42 Å². The van der Waals surface area contributed by atoms with Gasteiger partial charge in [0.05, 0.1) is 6.26 Å². The highest BCUT2D eigenvalue weighted by atomic mass is 32.2. The van der Waals surface area contributed by atoms with E-state index in [1.54, 1.807) is 30.3 Å². The third-order valence-electron chi connectivity index (χ3n) is 1.05. The summed E-state index contributed by atoms with van der Waals surface area (Å²) in [5.41, 5.74) is 0.530. The van der Waals surface area contributed by atoms with E-state index in [0.29, 0.717) is 5.69 Å². The van der Waals surface area contributed by atoms with Gasteiger partial charge in [-0.15, -0.1) is 0 Å². The van der Waals surface area contributed by atoms with E-state index in [1.165, 1.54) is 0 Å². The molecule has 4 heteroatoms. The molecule has 0 bridgehead atoms. The Morgan fingerprint density at radius 2 is 1.73 bits per heavy atom. The Balaban J connectivity index is 2.82. The number of benzene rings is 1. The van der Waals surface area contributed by atoms with Crippen molar-refractivity contribution in [2.45, 2.75) is 0 Å². The van der Waals surface area contributed by atoms with Crippen molar-refractivity contribution < 1.29 is 8.42 Å². The van der Waals surface area contributed by atoms with Crippen LogP contribution in [0, 0.1) is 6.26 Å². The molecule has 0 aromatic heterocycles. The quantitative estimate of drug-likeness (QED) is 0.725. The maximum Gasteiger partial charge on any atom is 0.233 e. The summed E-state index contributed by atoms with van der Waals surface area (Å²) in [5.74, 6) is 0. The van der Waals surface area contributed by atoms with Crippen molar-refractivity contribution in [2.75, 3.05) is 4.72 Å². The van der Waals surface area contributed by atoms with Crippen LogP contribution in [0.15, 0.2) is 30.3 Å². The molecule has 0 atom stereocenters. The van der Waals surface area contributed by atoms with Gasteiger partial charge < -0.3 is 0 Å².